The first kappa shape index (κ1) is 11.5. The summed E-state index contributed by atoms with van der Waals surface area (Å²) in [7, 11) is 0. The van der Waals surface area contributed by atoms with Gasteiger partial charge in [0, 0.05) is 16.0 Å². The van der Waals surface area contributed by atoms with Gasteiger partial charge in [0.05, 0.1) is 5.69 Å². The Kier molecular flexibility index (Phi) is 4.34. The molecule has 0 saturated carbocycles. The van der Waals surface area contributed by atoms with Gasteiger partial charge in [0.2, 0.25) is 5.91 Å². The summed E-state index contributed by atoms with van der Waals surface area (Å²) in [5, 5.41) is 2.82. The van der Waals surface area contributed by atoms with Crippen LogP contribution in [-0.2, 0) is 4.79 Å². The van der Waals surface area contributed by atoms with E-state index in [2.05, 4.69) is 27.9 Å². The molecule has 0 aliphatic heterocycles. The van der Waals surface area contributed by atoms with Gasteiger partial charge in [0.25, 0.3) is 0 Å². The second-order valence-corrected chi connectivity index (χ2v) is 4.37. The van der Waals surface area contributed by atoms with Gasteiger partial charge in [-0.3, -0.25) is 4.79 Å². The highest BCUT2D eigenvalue weighted by Gasteiger charge is 2.06. The SMILES string of the molecule is CC(N)CC(=O)Nc1ccccc1I. The maximum absolute atomic E-state index is 11.4. The number of hydrogen-bond donors (Lipinski definition) is 2. The second-order valence-electron chi connectivity index (χ2n) is 3.21. The van der Waals surface area contributed by atoms with E-state index < -0.39 is 0 Å². The van der Waals surface area contributed by atoms with E-state index in [-0.39, 0.29) is 11.9 Å². The summed E-state index contributed by atoms with van der Waals surface area (Å²) >= 11 is 2.18. The van der Waals surface area contributed by atoms with Crippen molar-refractivity contribution in [3.8, 4) is 0 Å². The number of carbonyl (C=O) groups is 1. The van der Waals surface area contributed by atoms with Crippen molar-refractivity contribution < 1.29 is 4.79 Å². The molecular formula is C10H13IN2O. The van der Waals surface area contributed by atoms with Crippen LogP contribution in [0.4, 0.5) is 5.69 Å². The van der Waals surface area contributed by atoms with Crippen molar-refractivity contribution in [3.63, 3.8) is 0 Å². The number of para-hydroxylation sites is 1. The molecule has 1 atom stereocenters. The number of halogens is 1. The minimum atomic E-state index is -0.101. The molecule has 0 radical (unpaired) electrons. The first-order valence-electron chi connectivity index (χ1n) is 4.39. The van der Waals surface area contributed by atoms with Crippen LogP contribution >= 0.6 is 22.6 Å². The largest absolute Gasteiger partial charge is 0.327 e. The Labute approximate surface area is 97.2 Å². The lowest BCUT2D eigenvalue weighted by atomic mass is 10.2. The smallest absolute Gasteiger partial charge is 0.225 e. The maximum Gasteiger partial charge on any atom is 0.225 e. The highest BCUT2D eigenvalue weighted by Crippen LogP contribution is 2.16. The number of benzene rings is 1. The number of amides is 1. The predicted molar refractivity (Wildman–Crippen MR) is 66.1 cm³/mol. The van der Waals surface area contributed by atoms with E-state index >= 15 is 0 Å². The zero-order chi connectivity index (χ0) is 10.6. The number of nitrogens with one attached hydrogen (secondary N) is 1. The fraction of sp³-hybridized carbons (Fsp3) is 0.300. The standard InChI is InChI=1S/C10H13IN2O/c1-7(12)6-10(14)13-9-5-3-2-4-8(9)11/h2-5,7H,6,12H2,1H3,(H,13,14). The van der Waals surface area contributed by atoms with Crippen molar-refractivity contribution in [2.45, 2.75) is 19.4 Å². The van der Waals surface area contributed by atoms with Crippen LogP contribution in [0, 0.1) is 3.57 Å². The summed E-state index contributed by atoms with van der Waals surface area (Å²) in [6.07, 6.45) is 0.352. The Morgan fingerprint density at radius 2 is 2.21 bits per heavy atom. The van der Waals surface area contributed by atoms with Crippen LogP contribution in [0.15, 0.2) is 24.3 Å². The molecule has 76 valence electrons. The van der Waals surface area contributed by atoms with Crippen LogP contribution in [0.3, 0.4) is 0 Å². The summed E-state index contributed by atoms with van der Waals surface area (Å²) in [5.41, 5.74) is 6.37. The lowest BCUT2D eigenvalue weighted by molar-refractivity contribution is -0.116. The normalized spacial score (nSPS) is 12.2. The Balaban J connectivity index is 2.61. The molecule has 14 heavy (non-hydrogen) atoms. The minimum absolute atomic E-state index is 0.0379. The Morgan fingerprint density at radius 3 is 2.79 bits per heavy atom. The van der Waals surface area contributed by atoms with Gasteiger partial charge in [-0.25, -0.2) is 0 Å². The average Bonchev–Trinajstić information content (AvgIpc) is 2.07. The van der Waals surface area contributed by atoms with E-state index in [0.717, 1.165) is 9.26 Å². The van der Waals surface area contributed by atoms with Crippen LogP contribution in [0.2, 0.25) is 0 Å². The number of rotatable bonds is 3. The molecule has 0 bridgehead atoms. The third-order valence-electron chi connectivity index (χ3n) is 1.66. The van der Waals surface area contributed by atoms with Crippen molar-refractivity contribution >= 4 is 34.2 Å². The average molecular weight is 304 g/mol. The number of nitrogens with two attached hydrogens (primary N) is 1. The molecule has 0 saturated heterocycles. The maximum atomic E-state index is 11.4. The molecule has 0 spiro atoms. The molecular weight excluding hydrogens is 291 g/mol. The van der Waals surface area contributed by atoms with E-state index in [1.165, 1.54) is 0 Å². The third-order valence-corrected chi connectivity index (χ3v) is 2.60. The molecule has 1 aromatic rings. The van der Waals surface area contributed by atoms with Gasteiger partial charge in [-0.2, -0.15) is 0 Å². The molecule has 0 heterocycles. The van der Waals surface area contributed by atoms with E-state index in [1.807, 2.05) is 31.2 Å². The van der Waals surface area contributed by atoms with E-state index in [4.69, 9.17) is 5.73 Å². The zero-order valence-electron chi connectivity index (χ0n) is 7.96. The van der Waals surface area contributed by atoms with Gasteiger partial charge in [0.1, 0.15) is 0 Å². The molecule has 1 aromatic carbocycles. The van der Waals surface area contributed by atoms with Crippen molar-refractivity contribution in [2.24, 2.45) is 5.73 Å². The Bertz CT molecular complexity index is 326. The lowest BCUT2D eigenvalue weighted by Gasteiger charge is -2.08. The fourth-order valence-corrected chi connectivity index (χ4v) is 1.58. The molecule has 1 rings (SSSR count). The van der Waals surface area contributed by atoms with Crippen molar-refractivity contribution in [1.82, 2.24) is 0 Å². The topological polar surface area (TPSA) is 55.1 Å². The molecule has 0 aromatic heterocycles. The quantitative estimate of drug-likeness (QED) is 0.839. The predicted octanol–water partition coefficient (Wildman–Crippen LogP) is 1.97. The number of hydrogen-bond acceptors (Lipinski definition) is 2. The summed E-state index contributed by atoms with van der Waals surface area (Å²) < 4.78 is 1.03. The summed E-state index contributed by atoms with van der Waals surface area (Å²) in [5.74, 6) is -0.0379. The van der Waals surface area contributed by atoms with Crippen LogP contribution in [0.25, 0.3) is 0 Å². The zero-order valence-corrected chi connectivity index (χ0v) is 10.1. The minimum Gasteiger partial charge on any atom is -0.327 e. The Hall–Kier alpha value is -0.620. The highest BCUT2D eigenvalue weighted by molar-refractivity contribution is 14.1. The molecule has 4 heteroatoms. The third kappa shape index (κ3) is 3.63. The van der Waals surface area contributed by atoms with Crippen LogP contribution in [0.1, 0.15) is 13.3 Å². The second kappa shape index (κ2) is 5.31. The molecule has 0 aliphatic rings. The Morgan fingerprint density at radius 1 is 1.57 bits per heavy atom. The van der Waals surface area contributed by atoms with E-state index in [1.54, 1.807) is 0 Å². The first-order valence-corrected chi connectivity index (χ1v) is 5.47. The number of carbonyl (C=O) groups excluding carboxylic acids is 1. The van der Waals surface area contributed by atoms with Gasteiger partial charge < -0.3 is 11.1 Å². The van der Waals surface area contributed by atoms with Crippen LogP contribution in [-0.4, -0.2) is 11.9 Å². The van der Waals surface area contributed by atoms with Gasteiger partial charge in [0.15, 0.2) is 0 Å². The van der Waals surface area contributed by atoms with Gasteiger partial charge in [-0.05, 0) is 41.6 Å². The number of anilines is 1. The first-order chi connectivity index (χ1) is 6.59. The van der Waals surface area contributed by atoms with Crippen molar-refractivity contribution in [3.05, 3.63) is 27.8 Å². The van der Waals surface area contributed by atoms with Gasteiger partial charge in [-0.15, -0.1) is 0 Å². The molecule has 3 N–H and O–H groups in total. The monoisotopic (exact) mass is 304 g/mol. The molecule has 1 amide bonds. The van der Waals surface area contributed by atoms with Crippen molar-refractivity contribution in [2.75, 3.05) is 5.32 Å². The molecule has 1 unspecified atom stereocenters. The van der Waals surface area contributed by atoms with E-state index in [0.29, 0.717) is 6.42 Å². The van der Waals surface area contributed by atoms with Gasteiger partial charge >= 0.3 is 0 Å². The lowest BCUT2D eigenvalue weighted by Crippen LogP contribution is -2.24. The summed E-state index contributed by atoms with van der Waals surface area (Å²) in [6, 6.07) is 7.55. The van der Waals surface area contributed by atoms with Crippen molar-refractivity contribution in [1.29, 1.82) is 0 Å². The van der Waals surface area contributed by atoms with Crippen LogP contribution < -0.4 is 11.1 Å². The fourth-order valence-electron chi connectivity index (χ4n) is 1.06. The molecule has 0 aliphatic carbocycles. The summed E-state index contributed by atoms with van der Waals surface area (Å²) in [6.45, 7) is 1.82. The highest BCUT2D eigenvalue weighted by atomic mass is 127. The van der Waals surface area contributed by atoms with Crippen LogP contribution in [0.5, 0.6) is 0 Å². The summed E-state index contributed by atoms with van der Waals surface area (Å²) in [4.78, 5) is 11.4. The molecule has 3 nitrogen and oxygen atoms in total. The molecule has 0 fully saturated rings. The van der Waals surface area contributed by atoms with Gasteiger partial charge in [-0.1, -0.05) is 12.1 Å². The van der Waals surface area contributed by atoms with E-state index in [9.17, 15) is 4.79 Å².